The highest BCUT2D eigenvalue weighted by molar-refractivity contribution is 6.36. The standard InChI is InChI=1S/C16H10Cl2FNO5/c1-8-2-3-9(4-14(8)20(23)24)15(21)7-25-16(22)10-5-13(19)12(18)6-11(10)17/h2-6H,7H2,1H3. The average molecular weight is 386 g/mol. The summed E-state index contributed by atoms with van der Waals surface area (Å²) in [6.45, 7) is 0.850. The second kappa shape index (κ2) is 7.58. The molecule has 6 nitrogen and oxygen atoms in total. The summed E-state index contributed by atoms with van der Waals surface area (Å²) in [5.74, 6) is -2.53. The first kappa shape index (κ1) is 18.8. The predicted octanol–water partition coefficient (Wildman–Crippen LogP) is 4.39. The maximum atomic E-state index is 13.4. The van der Waals surface area contributed by atoms with Crippen molar-refractivity contribution in [3.8, 4) is 0 Å². The zero-order chi connectivity index (χ0) is 18.7. The number of rotatable bonds is 5. The highest BCUT2D eigenvalue weighted by Gasteiger charge is 2.19. The molecule has 130 valence electrons. The number of hydrogen-bond acceptors (Lipinski definition) is 5. The van der Waals surface area contributed by atoms with Crippen molar-refractivity contribution < 1.29 is 23.6 Å². The maximum Gasteiger partial charge on any atom is 0.340 e. The van der Waals surface area contributed by atoms with Crippen LogP contribution in [0, 0.1) is 22.9 Å². The molecule has 0 saturated heterocycles. The molecule has 0 radical (unpaired) electrons. The molecule has 0 amide bonds. The van der Waals surface area contributed by atoms with Crippen LogP contribution in [0.1, 0.15) is 26.3 Å². The third-order valence-electron chi connectivity index (χ3n) is 3.29. The molecule has 0 N–H and O–H groups in total. The van der Waals surface area contributed by atoms with Gasteiger partial charge in [0.1, 0.15) is 5.82 Å². The van der Waals surface area contributed by atoms with Crippen molar-refractivity contribution in [2.45, 2.75) is 6.92 Å². The zero-order valence-electron chi connectivity index (χ0n) is 12.7. The van der Waals surface area contributed by atoms with Gasteiger partial charge in [-0.15, -0.1) is 0 Å². The summed E-state index contributed by atoms with van der Waals surface area (Å²) in [6.07, 6.45) is 0. The van der Waals surface area contributed by atoms with E-state index in [-0.39, 0.29) is 26.9 Å². The number of esters is 1. The largest absolute Gasteiger partial charge is 0.454 e. The van der Waals surface area contributed by atoms with Crippen molar-refractivity contribution in [3.05, 3.63) is 73.0 Å². The molecule has 2 aromatic rings. The molecule has 0 aliphatic rings. The molecule has 0 aliphatic carbocycles. The number of nitro benzene ring substituents is 1. The van der Waals surface area contributed by atoms with Gasteiger partial charge < -0.3 is 4.74 Å². The lowest BCUT2D eigenvalue weighted by atomic mass is 10.1. The molecule has 0 heterocycles. The SMILES string of the molecule is Cc1ccc(C(=O)COC(=O)c2cc(F)c(Cl)cc2Cl)cc1[N+](=O)[O-]. The quantitative estimate of drug-likeness (QED) is 0.250. The molecule has 9 heteroatoms. The summed E-state index contributed by atoms with van der Waals surface area (Å²) in [7, 11) is 0. The van der Waals surface area contributed by atoms with Gasteiger partial charge in [0.15, 0.2) is 6.61 Å². The van der Waals surface area contributed by atoms with Gasteiger partial charge in [-0.3, -0.25) is 14.9 Å². The number of aryl methyl sites for hydroxylation is 1. The van der Waals surface area contributed by atoms with E-state index in [1.165, 1.54) is 19.1 Å². The van der Waals surface area contributed by atoms with Gasteiger partial charge in [-0.1, -0.05) is 35.3 Å². The smallest absolute Gasteiger partial charge is 0.340 e. The van der Waals surface area contributed by atoms with Gasteiger partial charge in [-0.2, -0.15) is 0 Å². The van der Waals surface area contributed by atoms with Gasteiger partial charge in [-0.05, 0) is 19.1 Å². The molecule has 0 spiro atoms. The lowest BCUT2D eigenvalue weighted by molar-refractivity contribution is -0.385. The van der Waals surface area contributed by atoms with Crippen LogP contribution in [-0.4, -0.2) is 23.3 Å². The molecule has 0 aromatic heterocycles. The normalized spacial score (nSPS) is 10.4. The van der Waals surface area contributed by atoms with E-state index in [0.717, 1.165) is 18.2 Å². The Bertz CT molecular complexity index is 885. The Balaban J connectivity index is 2.12. The van der Waals surface area contributed by atoms with Crippen LogP contribution in [0.2, 0.25) is 10.0 Å². The van der Waals surface area contributed by atoms with Crippen molar-refractivity contribution in [3.63, 3.8) is 0 Å². The van der Waals surface area contributed by atoms with Crippen molar-refractivity contribution in [1.82, 2.24) is 0 Å². The Labute approximate surface area is 151 Å². The summed E-state index contributed by atoms with van der Waals surface area (Å²) in [5, 5.41) is 10.5. The van der Waals surface area contributed by atoms with Gasteiger partial charge >= 0.3 is 5.97 Å². The fraction of sp³-hybridized carbons (Fsp3) is 0.125. The van der Waals surface area contributed by atoms with E-state index in [1.807, 2.05) is 0 Å². The Hall–Kier alpha value is -2.51. The number of Topliss-reactive ketones (excluding diaryl/α,β-unsaturated/α-hetero) is 1. The number of ether oxygens (including phenoxy) is 1. The summed E-state index contributed by atoms with van der Waals surface area (Å²) < 4.78 is 18.2. The molecule has 0 unspecified atom stereocenters. The molecular weight excluding hydrogens is 376 g/mol. The number of halogens is 3. The second-order valence-corrected chi connectivity index (χ2v) is 5.82. The van der Waals surface area contributed by atoms with Gasteiger partial charge in [-0.25, -0.2) is 9.18 Å². The van der Waals surface area contributed by atoms with Crippen molar-refractivity contribution >= 4 is 40.6 Å². The molecule has 0 aliphatic heterocycles. The van der Waals surface area contributed by atoms with E-state index in [9.17, 15) is 24.1 Å². The van der Waals surface area contributed by atoms with Crippen LogP contribution in [0.25, 0.3) is 0 Å². The topological polar surface area (TPSA) is 86.5 Å². The molecule has 0 atom stereocenters. The molecule has 0 bridgehead atoms. The molecule has 25 heavy (non-hydrogen) atoms. The first-order valence-corrected chi connectivity index (χ1v) is 7.56. The molecule has 2 rings (SSSR count). The first-order chi connectivity index (χ1) is 11.7. The van der Waals surface area contributed by atoms with Gasteiger partial charge in [0.25, 0.3) is 5.69 Å². The fourth-order valence-corrected chi connectivity index (χ4v) is 2.41. The van der Waals surface area contributed by atoms with Crippen molar-refractivity contribution in [2.75, 3.05) is 6.61 Å². The number of ketones is 1. The summed E-state index contributed by atoms with van der Waals surface area (Å²) >= 11 is 11.3. The number of carbonyl (C=O) groups is 2. The Morgan fingerprint density at radius 3 is 2.52 bits per heavy atom. The number of hydrogen-bond donors (Lipinski definition) is 0. The van der Waals surface area contributed by atoms with Crippen LogP contribution in [0.5, 0.6) is 0 Å². The number of nitro groups is 1. The summed E-state index contributed by atoms with van der Waals surface area (Å²) in [4.78, 5) is 34.2. The van der Waals surface area contributed by atoms with E-state index in [0.29, 0.717) is 5.56 Å². The second-order valence-electron chi connectivity index (χ2n) is 5.00. The van der Waals surface area contributed by atoms with E-state index >= 15 is 0 Å². The van der Waals surface area contributed by atoms with E-state index in [4.69, 9.17) is 27.9 Å². The lowest BCUT2D eigenvalue weighted by Crippen LogP contribution is -2.15. The first-order valence-electron chi connectivity index (χ1n) is 6.80. The molecule has 0 saturated carbocycles. The van der Waals surface area contributed by atoms with Crippen molar-refractivity contribution in [1.29, 1.82) is 0 Å². The third kappa shape index (κ3) is 4.32. The van der Waals surface area contributed by atoms with Gasteiger partial charge in [0, 0.05) is 17.2 Å². The molecule has 0 fully saturated rings. The Morgan fingerprint density at radius 1 is 1.20 bits per heavy atom. The van der Waals surface area contributed by atoms with Crippen LogP contribution < -0.4 is 0 Å². The predicted molar refractivity (Wildman–Crippen MR) is 88.9 cm³/mol. The van der Waals surface area contributed by atoms with Crippen LogP contribution in [0.4, 0.5) is 10.1 Å². The third-order valence-corrected chi connectivity index (χ3v) is 3.89. The monoisotopic (exact) mass is 385 g/mol. The fourth-order valence-electron chi connectivity index (χ4n) is 1.95. The zero-order valence-corrected chi connectivity index (χ0v) is 14.2. The minimum Gasteiger partial charge on any atom is -0.454 e. The maximum absolute atomic E-state index is 13.4. The Kier molecular flexibility index (Phi) is 5.71. The van der Waals surface area contributed by atoms with E-state index < -0.39 is 29.1 Å². The molecule has 2 aromatic carbocycles. The molecular formula is C16H10Cl2FNO5. The number of benzene rings is 2. The minimum atomic E-state index is -1.02. The van der Waals surface area contributed by atoms with Crippen LogP contribution in [0.3, 0.4) is 0 Å². The van der Waals surface area contributed by atoms with E-state index in [1.54, 1.807) is 0 Å². The average Bonchev–Trinajstić information content (AvgIpc) is 2.55. The van der Waals surface area contributed by atoms with Crippen molar-refractivity contribution in [2.24, 2.45) is 0 Å². The summed E-state index contributed by atoms with van der Waals surface area (Å²) in [6, 6.07) is 5.74. The van der Waals surface area contributed by atoms with Crippen LogP contribution in [0.15, 0.2) is 30.3 Å². The number of carbonyl (C=O) groups excluding carboxylic acids is 2. The Morgan fingerprint density at radius 2 is 1.88 bits per heavy atom. The highest BCUT2D eigenvalue weighted by atomic mass is 35.5. The van der Waals surface area contributed by atoms with E-state index in [2.05, 4.69) is 0 Å². The van der Waals surface area contributed by atoms with Gasteiger partial charge in [0.2, 0.25) is 5.78 Å². The van der Waals surface area contributed by atoms with Crippen LogP contribution in [-0.2, 0) is 4.74 Å². The highest BCUT2D eigenvalue weighted by Crippen LogP contribution is 2.25. The minimum absolute atomic E-state index is 0.0125. The van der Waals surface area contributed by atoms with Crippen LogP contribution >= 0.6 is 23.2 Å². The van der Waals surface area contributed by atoms with Gasteiger partial charge in [0.05, 0.1) is 20.5 Å². The number of nitrogens with zero attached hydrogens (tertiary/aromatic N) is 1. The summed E-state index contributed by atoms with van der Waals surface area (Å²) in [5.41, 5.74) is -0.105. The lowest BCUT2D eigenvalue weighted by Gasteiger charge is -2.07.